The Morgan fingerprint density at radius 3 is 2.83 bits per heavy atom. The number of thiophene rings is 1. The summed E-state index contributed by atoms with van der Waals surface area (Å²) in [6.07, 6.45) is 0. The quantitative estimate of drug-likeness (QED) is 0.837. The molecule has 0 bridgehead atoms. The Kier molecular flexibility index (Phi) is 3.71. The molecule has 0 aromatic carbocycles. The molecule has 1 aromatic heterocycles. The van der Waals surface area contributed by atoms with Crippen LogP contribution in [0.4, 0.5) is 0 Å². The summed E-state index contributed by atoms with van der Waals surface area (Å²) in [7, 11) is 0. The predicted octanol–water partition coefficient (Wildman–Crippen LogP) is 2.81. The highest BCUT2D eigenvalue weighted by molar-refractivity contribution is 9.10. The summed E-state index contributed by atoms with van der Waals surface area (Å²) in [5.41, 5.74) is 0. The van der Waals surface area contributed by atoms with E-state index < -0.39 is 0 Å². The molecule has 12 heavy (non-hydrogen) atoms. The van der Waals surface area contributed by atoms with Crippen LogP contribution in [0, 0.1) is 6.92 Å². The molecule has 68 valence electrons. The van der Waals surface area contributed by atoms with Crippen molar-refractivity contribution in [2.45, 2.75) is 19.8 Å². The highest BCUT2D eigenvalue weighted by Crippen LogP contribution is 2.31. The van der Waals surface area contributed by atoms with E-state index in [1.807, 2.05) is 0 Å². The van der Waals surface area contributed by atoms with Crippen molar-refractivity contribution in [3.63, 3.8) is 0 Å². The maximum Gasteiger partial charge on any atom is 0.0753 e. The van der Waals surface area contributed by atoms with Crippen LogP contribution in [0.1, 0.15) is 22.6 Å². The Hall–Kier alpha value is 0.100. The normalized spacial score (nSPS) is 13.3. The fourth-order valence-electron chi connectivity index (χ4n) is 0.951. The molecule has 1 aromatic rings. The molecule has 0 aliphatic heterocycles. The standard InChI is InChI=1S/C8H12BrNOS/c1-5(4-11-10)8-3-7(9)6(2)12-8/h3,5H,4,10H2,1-2H3. The van der Waals surface area contributed by atoms with Gasteiger partial charge in [-0.05, 0) is 28.9 Å². The summed E-state index contributed by atoms with van der Waals surface area (Å²) < 4.78 is 1.17. The van der Waals surface area contributed by atoms with Gasteiger partial charge in [0.2, 0.25) is 0 Å². The predicted molar refractivity (Wildman–Crippen MR) is 55.3 cm³/mol. The zero-order chi connectivity index (χ0) is 9.14. The molecule has 0 amide bonds. The van der Waals surface area contributed by atoms with Crippen molar-refractivity contribution in [2.75, 3.05) is 6.61 Å². The number of aryl methyl sites for hydroxylation is 1. The van der Waals surface area contributed by atoms with Crippen LogP contribution in [0.25, 0.3) is 0 Å². The summed E-state index contributed by atoms with van der Waals surface area (Å²) in [6, 6.07) is 2.13. The average molecular weight is 250 g/mol. The van der Waals surface area contributed by atoms with E-state index in [4.69, 9.17) is 5.90 Å². The molecule has 1 atom stereocenters. The Labute approximate surface area is 84.8 Å². The molecule has 1 unspecified atom stereocenters. The van der Waals surface area contributed by atoms with Gasteiger partial charge >= 0.3 is 0 Å². The van der Waals surface area contributed by atoms with Gasteiger partial charge in [0.25, 0.3) is 0 Å². The SMILES string of the molecule is Cc1sc(C(C)CON)cc1Br. The molecule has 0 radical (unpaired) electrons. The third-order valence-electron chi connectivity index (χ3n) is 1.71. The molecule has 4 heteroatoms. The van der Waals surface area contributed by atoms with E-state index in [0.29, 0.717) is 12.5 Å². The maximum absolute atomic E-state index is 5.00. The largest absolute Gasteiger partial charge is 0.304 e. The Morgan fingerprint density at radius 1 is 1.75 bits per heavy atom. The summed E-state index contributed by atoms with van der Waals surface area (Å²) in [5, 5.41) is 0. The monoisotopic (exact) mass is 249 g/mol. The summed E-state index contributed by atoms with van der Waals surface area (Å²) in [6.45, 7) is 4.77. The van der Waals surface area contributed by atoms with Crippen molar-refractivity contribution in [2.24, 2.45) is 5.90 Å². The summed E-state index contributed by atoms with van der Waals surface area (Å²) in [5.74, 6) is 5.38. The van der Waals surface area contributed by atoms with E-state index in [1.165, 1.54) is 14.2 Å². The van der Waals surface area contributed by atoms with E-state index >= 15 is 0 Å². The molecule has 0 saturated carbocycles. The van der Waals surface area contributed by atoms with Gasteiger partial charge in [-0.15, -0.1) is 11.3 Å². The smallest absolute Gasteiger partial charge is 0.0753 e. The lowest BCUT2D eigenvalue weighted by molar-refractivity contribution is 0.127. The first-order chi connectivity index (χ1) is 5.65. The lowest BCUT2D eigenvalue weighted by Gasteiger charge is -2.05. The highest BCUT2D eigenvalue weighted by atomic mass is 79.9. The van der Waals surface area contributed by atoms with Crippen LogP contribution in [0.3, 0.4) is 0 Å². The number of nitrogens with two attached hydrogens (primary N) is 1. The first-order valence-corrected chi connectivity index (χ1v) is 5.33. The van der Waals surface area contributed by atoms with Gasteiger partial charge < -0.3 is 4.84 Å². The molecule has 2 nitrogen and oxygen atoms in total. The minimum atomic E-state index is 0.380. The molecule has 1 rings (SSSR count). The van der Waals surface area contributed by atoms with Gasteiger partial charge in [0.1, 0.15) is 0 Å². The third kappa shape index (κ3) is 2.29. The zero-order valence-corrected chi connectivity index (χ0v) is 9.54. The van der Waals surface area contributed by atoms with Crippen LogP contribution in [0.5, 0.6) is 0 Å². The van der Waals surface area contributed by atoms with E-state index in [0.717, 1.165) is 0 Å². The van der Waals surface area contributed by atoms with E-state index in [9.17, 15) is 0 Å². The molecule has 1 heterocycles. The lowest BCUT2D eigenvalue weighted by Crippen LogP contribution is -2.07. The number of halogens is 1. The Bertz CT molecular complexity index is 242. The van der Waals surface area contributed by atoms with Crippen LogP contribution in [0.15, 0.2) is 10.5 Å². The number of hydrogen-bond donors (Lipinski definition) is 1. The van der Waals surface area contributed by atoms with Gasteiger partial charge in [-0.1, -0.05) is 6.92 Å². The van der Waals surface area contributed by atoms with Crippen LogP contribution >= 0.6 is 27.3 Å². The first kappa shape index (κ1) is 10.2. The Balaban J connectivity index is 2.74. The second kappa shape index (κ2) is 4.37. The second-order valence-corrected chi connectivity index (χ2v) is 4.93. The first-order valence-electron chi connectivity index (χ1n) is 3.72. The fraction of sp³-hybridized carbons (Fsp3) is 0.500. The van der Waals surface area contributed by atoms with Crippen molar-refractivity contribution in [3.05, 3.63) is 20.3 Å². The van der Waals surface area contributed by atoms with Gasteiger partial charge in [-0.3, -0.25) is 0 Å². The lowest BCUT2D eigenvalue weighted by atomic mass is 10.1. The maximum atomic E-state index is 5.00. The zero-order valence-electron chi connectivity index (χ0n) is 7.13. The van der Waals surface area contributed by atoms with Gasteiger partial charge in [-0.2, -0.15) is 0 Å². The Morgan fingerprint density at radius 2 is 2.42 bits per heavy atom. The summed E-state index contributed by atoms with van der Waals surface area (Å²) in [4.78, 5) is 7.21. The molecule has 0 aliphatic rings. The molecule has 2 N–H and O–H groups in total. The molecule has 0 fully saturated rings. The van der Waals surface area contributed by atoms with Gasteiger partial charge in [0.15, 0.2) is 0 Å². The van der Waals surface area contributed by atoms with Crippen molar-refractivity contribution in [3.8, 4) is 0 Å². The minimum absolute atomic E-state index is 0.380. The van der Waals surface area contributed by atoms with Crippen molar-refractivity contribution in [1.82, 2.24) is 0 Å². The average Bonchev–Trinajstić information content (AvgIpc) is 2.33. The van der Waals surface area contributed by atoms with Crippen LogP contribution < -0.4 is 5.90 Å². The number of rotatable bonds is 3. The number of hydrogen-bond acceptors (Lipinski definition) is 3. The molecule has 0 spiro atoms. The topological polar surface area (TPSA) is 35.2 Å². The van der Waals surface area contributed by atoms with Crippen LogP contribution in [-0.4, -0.2) is 6.61 Å². The van der Waals surface area contributed by atoms with Crippen LogP contribution in [0.2, 0.25) is 0 Å². The van der Waals surface area contributed by atoms with Gasteiger partial charge in [0.05, 0.1) is 6.61 Å². The molecular weight excluding hydrogens is 238 g/mol. The highest BCUT2D eigenvalue weighted by Gasteiger charge is 2.09. The molecular formula is C8H12BrNOS. The fourth-order valence-corrected chi connectivity index (χ4v) is 2.55. The second-order valence-electron chi connectivity index (χ2n) is 2.79. The van der Waals surface area contributed by atoms with E-state index in [-0.39, 0.29) is 0 Å². The molecule has 0 aliphatic carbocycles. The van der Waals surface area contributed by atoms with E-state index in [1.54, 1.807) is 11.3 Å². The molecule has 0 saturated heterocycles. The van der Waals surface area contributed by atoms with Gasteiger partial charge in [-0.25, -0.2) is 5.90 Å². The van der Waals surface area contributed by atoms with Crippen LogP contribution in [-0.2, 0) is 4.84 Å². The minimum Gasteiger partial charge on any atom is -0.304 e. The summed E-state index contributed by atoms with van der Waals surface area (Å²) >= 11 is 5.25. The van der Waals surface area contributed by atoms with Crippen molar-refractivity contribution >= 4 is 27.3 Å². The van der Waals surface area contributed by atoms with Gasteiger partial charge in [0, 0.05) is 20.1 Å². The third-order valence-corrected chi connectivity index (χ3v) is 4.08. The van der Waals surface area contributed by atoms with Crippen molar-refractivity contribution in [1.29, 1.82) is 0 Å². The van der Waals surface area contributed by atoms with Crippen molar-refractivity contribution < 1.29 is 4.84 Å². The van der Waals surface area contributed by atoms with E-state index in [2.05, 4.69) is 40.7 Å².